The van der Waals surface area contributed by atoms with Gasteiger partial charge in [-0.3, -0.25) is 0 Å². The maximum atomic E-state index is 5.88. The van der Waals surface area contributed by atoms with E-state index in [2.05, 4.69) is 4.98 Å². The summed E-state index contributed by atoms with van der Waals surface area (Å²) >= 11 is 0. The van der Waals surface area contributed by atoms with Gasteiger partial charge >= 0.3 is 0 Å². The molecule has 0 aliphatic carbocycles. The van der Waals surface area contributed by atoms with Crippen LogP contribution in [-0.4, -0.2) is 4.98 Å². The lowest BCUT2D eigenvalue weighted by Gasteiger charge is -2.02. The van der Waals surface area contributed by atoms with Crippen molar-refractivity contribution in [2.75, 3.05) is 5.73 Å². The minimum Gasteiger partial charge on any atom is -0.441 e. The second kappa shape index (κ2) is 3.42. The third-order valence-corrected chi connectivity index (χ3v) is 2.47. The van der Waals surface area contributed by atoms with E-state index in [0.717, 1.165) is 22.6 Å². The van der Waals surface area contributed by atoms with E-state index in [-0.39, 0.29) is 0 Å². The molecule has 0 saturated carbocycles. The van der Waals surface area contributed by atoms with Crippen molar-refractivity contribution in [2.45, 2.75) is 20.8 Å². The fourth-order valence-corrected chi connectivity index (χ4v) is 1.44. The molecular weight excluding hydrogens is 188 g/mol. The van der Waals surface area contributed by atoms with Gasteiger partial charge in [0.1, 0.15) is 5.76 Å². The number of aromatic nitrogens is 1. The Bertz CT molecular complexity index is 481. The SMILES string of the molecule is Cc1ccc(N)c(-c2nc(C)c(C)o2)c1. The van der Waals surface area contributed by atoms with Gasteiger partial charge in [-0.2, -0.15) is 0 Å². The van der Waals surface area contributed by atoms with Gasteiger partial charge in [-0.25, -0.2) is 4.98 Å². The van der Waals surface area contributed by atoms with Crippen molar-refractivity contribution >= 4 is 5.69 Å². The zero-order valence-electron chi connectivity index (χ0n) is 9.16. The Balaban J connectivity index is 2.58. The predicted octanol–water partition coefficient (Wildman–Crippen LogP) is 2.85. The number of hydrogen-bond donors (Lipinski definition) is 1. The molecular formula is C12H14N2O. The van der Waals surface area contributed by atoms with Crippen LogP contribution in [0.2, 0.25) is 0 Å². The topological polar surface area (TPSA) is 52.0 Å². The van der Waals surface area contributed by atoms with E-state index in [4.69, 9.17) is 10.2 Å². The first-order valence-corrected chi connectivity index (χ1v) is 4.88. The molecule has 1 heterocycles. The Labute approximate surface area is 88.9 Å². The Kier molecular flexibility index (Phi) is 2.23. The Morgan fingerprint density at radius 3 is 2.53 bits per heavy atom. The van der Waals surface area contributed by atoms with Crippen molar-refractivity contribution in [2.24, 2.45) is 0 Å². The predicted molar refractivity (Wildman–Crippen MR) is 60.6 cm³/mol. The molecule has 2 rings (SSSR count). The maximum Gasteiger partial charge on any atom is 0.228 e. The van der Waals surface area contributed by atoms with E-state index >= 15 is 0 Å². The summed E-state index contributed by atoms with van der Waals surface area (Å²) in [5.74, 6) is 1.44. The standard InChI is InChI=1S/C12H14N2O/c1-7-4-5-11(13)10(6-7)12-14-8(2)9(3)15-12/h4-6H,13H2,1-3H3. The summed E-state index contributed by atoms with van der Waals surface area (Å²) < 4.78 is 5.55. The molecule has 0 unspecified atom stereocenters. The smallest absolute Gasteiger partial charge is 0.228 e. The highest BCUT2D eigenvalue weighted by atomic mass is 16.4. The van der Waals surface area contributed by atoms with Crippen molar-refractivity contribution < 1.29 is 4.42 Å². The minimum atomic E-state index is 0.603. The van der Waals surface area contributed by atoms with Crippen LogP contribution in [0.25, 0.3) is 11.5 Å². The summed E-state index contributed by atoms with van der Waals surface area (Å²) in [5, 5.41) is 0. The van der Waals surface area contributed by atoms with Gasteiger partial charge in [0.25, 0.3) is 0 Å². The van der Waals surface area contributed by atoms with Gasteiger partial charge < -0.3 is 10.2 Å². The number of nitrogens with zero attached hydrogens (tertiary/aromatic N) is 1. The molecule has 0 saturated heterocycles. The van der Waals surface area contributed by atoms with Crippen LogP contribution in [0.15, 0.2) is 22.6 Å². The lowest BCUT2D eigenvalue weighted by Crippen LogP contribution is -1.90. The van der Waals surface area contributed by atoms with Crippen LogP contribution in [0.3, 0.4) is 0 Å². The van der Waals surface area contributed by atoms with E-state index in [0.29, 0.717) is 11.6 Å². The Morgan fingerprint density at radius 1 is 1.20 bits per heavy atom. The molecule has 2 aromatic rings. The summed E-state index contributed by atoms with van der Waals surface area (Å²) in [6, 6.07) is 5.83. The molecule has 0 aliphatic rings. The van der Waals surface area contributed by atoms with Gasteiger partial charge in [0, 0.05) is 5.69 Å². The molecule has 15 heavy (non-hydrogen) atoms. The summed E-state index contributed by atoms with van der Waals surface area (Å²) in [4.78, 5) is 4.34. The molecule has 1 aromatic carbocycles. The summed E-state index contributed by atoms with van der Waals surface area (Å²) in [5.41, 5.74) is 9.50. The zero-order chi connectivity index (χ0) is 11.0. The second-order valence-electron chi connectivity index (χ2n) is 3.75. The van der Waals surface area contributed by atoms with E-state index in [1.165, 1.54) is 0 Å². The van der Waals surface area contributed by atoms with Crippen LogP contribution in [0, 0.1) is 20.8 Å². The molecule has 2 N–H and O–H groups in total. The number of aryl methyl sites for hydroxylation is 3. The van der Waals surface area contributed by atoms with Crippen LogP contribution in [0.5, 0.6) is 0 Å². The third kappa shape index (κ3) is 1.73. The van der Waals surface area contributed by atoms with Crippen LogP contribution in [-0.2, 0) is 0 Å². The Hall–Kier alpha value is -1.77. The fraction of sp³-hybridized carbons (Fsp3) is 0.250. The Morgan fingerprint density at radius 2 is 1.93 bits per heavy atom. The molecule has 0 radical (unpaired) electrons. The van der Waals surface area contributed by atoms with E-state index in [1.807, 2.05) is 39.0 Å². The second-order valence-corrected chi connectivity index (χ2v) is 3.75. The quantitative estimate of drug-likeness (QED) is 0.723. The number of nitrogens with two attached hydrogens (primary N) is 1. The average molecular weight is 202 g/mol. The summed E-state index contributed by atoms with van der Waals surface area (Å²) in [7, 11) is 0. The van der Waals surface area contributed by atoms with Crippen molar-refractivity contribution in [3.05, 3.63) is 35.2 Å². The van der Waals surface area contributed by atoms with E-state index in [9.17, 15) is 0 Å². The monoisotopic (exact) mass is 202 g/mol. The first-order chi connectivity index (χ1) is 7.08. The molecule has 3 heteroatoms. The van der Waals surface area contributed by atoms with Crippen molar-refractivity contribution in [1.82, 2.24) is 4.98 Å². The molecule has 0 aliphatic heterocycles. The molecule has 0 fully saturated rings. The highest BCUT2D eigenvalue weighted by Crippen LogP contribution is 2.27. The van der Waals surface area contributed by atoms with Crippen LogP contribution < -0.4 is 5.73 Å². The molecule has 0 bridgehead atoms. The summed E-state index contributed by atoms with van der Waals surface area (Å²) in [6.07, 6.45) is 0. The number of benzene rings is 1. The van der Waals surface area contributed by atoms with Crippen molar-refractivity contribution in [1.29, 1.82) is 0 Å². The van der Waals surface area contributed by atoms with Gasteiger partial charge in [0.05, 0.1) is 11.3 Å². The molecule has 3 nitrogen and oxygen atoms in total. The molecule has 1 aromatic heterocycles. The minimum absolute atomic E-state index is 0.603. The number of hydrogen-bond acceptors (Lipinski definition) is 3. The van der Waals surface area contributed by atoms with Gasteiger partial charge in [0.2, 0.25) is 5.89 Å². The highest BCUT2D eigenvalue weighted by Gasteiger charge is 2.10. The zero-order valence-corrected chi connectivity index (χ0v) is 9.16. The molecule has 0 atom stereocenters. The highest BCUT2D eigenvalue weighted by molar-refractivity contribution is 5.71. The normalized spacial score (nSPS) is 10.6. The van der Waals surface area contributed by atoms with Gasteiger partial charge in [-0.05, 0) is 32.9 Å². The fourth-order valence-electron chi connectivity index (χ4n) is 1.44. The number of rotatable bonds is 1. The largest absolute Gasteiger partial charge is 0.441 e. The number of nitrogen functional groups attached to an aromatic ring is 1. The lowest BCUT2D eigenvalue weighted by atomic mass is 10.1. The van der Waals surface area contributed by atoms with Gasteiger partial charge in [-0.15, -0.1) is 0 Å². The molecule has 0 amide bonds. The van der Waals surface area contributed by atoms with Crippen molar-refractivity contribution in [3.8, 4) is 11.5 Å². The van der Waals surface area contributed by atoms with Gasteiger partial charge in [0.15, 0.2) is 0 Å². The number of anilines is 1. The molecule has 0 spiro atoms. The maximum absolute atomic E-state index is 5.88. The first-order valence-electron chi connectivity index (χ1n) is 4.88. The molecule has 78 valence electrons. The third-order valence-electron chi connectivity index (χ3n) is 2.47. The summed E-state index contributed by atoms with van der Waals surface area (Å²) in [6.45, 7) is 5.84. The average Bonchev–Trinajstić information content (AvgIpc) is 2.51. The van der Waals surface area contributed by atoms with E-state index in [1.54, 1.807) is 0 Å². The number of oxazole rings is 1. The van der Waals surface area contributed by atoms with Crippen LogP contribution in [0.1, 0.15) is 17.0 Å². The first kappa shape index (κ1) is 9.77. The van der Waals surface area contributed by atoms with Crippen molar-refractivity contribution in [3.63, 3.8) is 0 Å². The van der Waals surface area contributed by atoms with Crippen LogP contribution in [0.4, 0.5) is 5.69 Å². The van der Waals surface area contributed by atoms with E-state index < -0.39 is 0 Å². The lowest BCUT2D eigenvalue weighted by molar-refractivity contribution is 0.541. The van der Waals surface area contributed by atoms with Crippen LogP contribution >= 0.6 is 0 Å². The van der Waals surface area contributed by atoms with Gasteiger partial charge in [-0.1, -0.05) is 11.6 Å².